The molecular weight excluding hydrogens is 712 g/mol. The number of aromatic nitrogens is 4. The highest BCUT2D eigenvalue weighted by molar-refractivity contribution is 5.69. The summed E-state index contributed by atoms with van der Waals surface area (Å²) in [6.07, 6.45) is 0.118. The SMILES string of the molecule is COCCCN1CCOc2ccc(COC3CNC(CC(OC(=O)CCCC(CON(O)O)ON(O)O)c4nnn[nH]4)CC3c3ccc(OC)cc3)cc21. The fourth-order valence-electron chi connectivity index (χ4n) is 6.68. The van der Waals surface area contributed by atoms with Crippen molar-refractivity contribution in [2.75, 3.05) is 58.6 Å². The molecule has 5 unspecified atom stereocenters. The second-order valence-electron chi connectivity index (χ2n) is 13.0. The molecule has 3 aromatic rings. The van der Waals surface area contributed by atoms with E-state index in [1.807, 2.05) is 36.4 Å². The summed E-state index contributed by atoms with van der Waals surface area (Å²) in [7, 11) is 3.34. The lowest BCUT2D eigenvalue weighted by molar-refractivity contribution is -0.527. The monoisotopic (exact) mass is 762 g/mol. The molecular formula is C34H50N8O12. The van der Waals surface area contributed by atoms with Crippen LogP contribution in [-0.2, 0) is 35.3 Å². The number of H-pyrrole nitrogens is 1. The van der Waals surface area contributed by atoms with Gasteiger partial charge in [0.2, 0.25) is 0 Å². The lowest BCUT2D eigenvalue weighted by atomic mass is 9.82. The van der Waals surface area contributed by atoms with Crippen LogP contribution >= 0.6 is 0 Å². The Morgan fingerprint density at radius 1 is 1.09 bits per heavy atom. The first-order valence-electron chi connectivity index (χ1n) is 17.8. The number of nitrogens with one attached hydrogen (secondary N) is 2. The number of fused-ring (bicyclic) bond motifs is 1. The molecule has 0 radical (unpaired) electrons. The Hall–Kier alpha value is -4.06. The van der Waals surface area contributed by atoms with E-state index >= 15 is 0 Å². The Labute approximate surface area is 312 Å². The molecule has 298 valence electrons. The van der Waals surface area contributed by atoms with Crippen LogP contribution in [0.15, 0.2) is 42.5 Å². The van der Waals surface area contributed by atoms with Gasteiger partial charge >= 0.3 is 5.97 Å². The summed E-state index contributed by atoms with van der Waals surface area (Å²) < 4.78 is 29.1. The molecule has 2 aliphatic heterocycles. The van der Waals surface area contributed by atoms with Gasteiger partial charge in [0.1, 0.15) is 30.8 Å². The first-order valence-corrected chi connectivity index (χ1v) is 17.8. The molecule has 54 heavy (non-hydrogen) atoms. The molecule has 1 fully saturated rings. The van der Waals surface area contributed by atoms with Gasteiger partial charge in [-0.15, -0.1) is 5.10 Å². The van der Waals surface area contributed by atoms with E-state index < -0.39 is 35.6 Å². The molecule has 20 heteroatoms. The minimum absolute atomic E-state index is 0.0107. The summed E-state index contributed by atoms with van der Waals surface area (Å²) in [5, 5.41) is 52.2. The summed E-state index contributed by atoms with van der Waals surface area (Å²) >= 11 is 0. The zero-order valence-electron chi connectivity index (χ0n) is 30.4. The Bertz CT molecular complexity index is 1540. The number of ether oxygens (including phenoxy) is 5. The van der Waals surface area contributed by atoms with E-state index in [-0.39, 0.29) is 43.2 Å². The van der Waals surface area contributed by atoms with E-state index in [0.29, 0.717) is 39.2 Å². The molecule has 6 N–H and O–H groups in total. The molecule has 1 aromatic heterocycles. The number of methoxy groups -OCH3 is 2. The van der Waals surface area contributed by atoms with Gasteiger partial charge < -0.3 is 33.9 Å². The van der Waals surface area contributed by atoms with Crippen LogP contribution < -0.4 is 19.7 Å². The summed E-state index contributed by atoms with van der Waals surface area (Å²) in [6.45, 7) is 3.50. The van der Waals surface area contributed by atoms with Gasteiger partial charge in [-0.25, -0.2) is 14.8 Å². The third-order valence-corrected chi connectivity index (χ3v) is 9.33. The molecule has 0 amide bonds. The van der Waals surface area contributed by atoms with E-state index in [9.17, 15) is 4.79 Å². The fourth-order valence-corrected chi connectivity index (χ4v) is 6.68. The number of hydrogen-bond donors (Lipinski definition) is 6. The second kappa shape index (κ2) is 21.1. The van der Waals surface area contributed by atoms with Crippen molar-refractivity contribution in [3.63, 3.8) is 0 Å². The van der Waals surface area contributed by atoms with Crippen molar-refractivity contribution in [1.82, 2.24) is 36.7 Å². The molecule has 5 atom stereocenters. The Kier molecular flexibility index (Phi) is 16.1. The minimum atomic E-state index is -1.03. The number of hydrogen-bond acceptors (Lipinski definition) is 19. The molecule has 0 spiro atoms. The van der Waals surface area contributed by atoms with Crippen molar-refractivity contribution < 1.29 is 59.0 Å². The van der Waals surface area contributed by atoms with Crippen LogP contribution in [-0.4, -0.2) is 130 Å². The van der Waals surface area contributed by atoms with Gasteiger partial charge in [0.15, 0.2) is 11.9 Å². The zero-order valence-corrected chi connectivity index (χ0v) is 30.4. The van der Waals surface area contributed by atoms with E-state index in [1.54, 1.807) is 14.2 Å². The molecule has 20 nitrogen and oxygen atoms in total. The number of nitrogens with zero attached hydrogens (tertiary/aromatic N) is 6. The van der Waals surface area contributed by atoms with Gasteiger partial charge in [-0.05, 0) is 71.5 Å². The maximum atomic E-state index is 13.0. The Balaban J connectivity index is 1.23. The maximum Gasteiger partial charge on any atom is 0.306 e. The van der Waals surface area contributed by atoms with Gasteiger partial charge in [0, 0.05) is 51.6 Å². The highest BCUT2D eigenvalue weighted by Crippen LogP contribution is 2.36. The number of tetrazole rings is 1. The van der Waals surface area contributed by atoms with Gasteiger partial charge in [-0.3, -0.25) is 25.6 Å². The van der Waals surface area contributed by atoms with Crippen molar-refractivity contribution >= 4 is 11.7 Å². The molecule has 0 saturated carbocycles. The number of esters is 1. The van der Waals surface area contributed by atoms with E-state index in [4.69, 9.17) is 49.4 Å². The van der Waals surface area contributed by atoms with Gasteiger partial charge in [0.25, 0.3) is 0 Å². The van der Waals surface area contributed by atoms with Crippen LogP contribution in [0.4, 0.5) is 5.69 Å². The molecule has 0 bridgehead atoms. The number of piperidine rings is 1. The standard InChI is InChI=1S/C34H50N8O12/c1-48-15-4-13-40-14-16-50-30-12-7-23(17-29(30)40)21-51-32-20-35-25(18-28(32)24-8-10-26(49-2)11-9-24)19-31(34-36-38-39-37-34)53-33(43)6-3-5-27(54-42(46)47)22-52-41(44)45/h7-12,17,25,27-28,31-32,35,44-47H,3-6,13-16,18-22H2,1-2H3,(H,36,37,38,39). The summed E-state index contributed by atoms with van der Waals surface area (Å²) in [5.74, 6) is 1.33. The van der Waals surface area contributed by atoms with Crippen molar-refractivity contribution in [1.29, 1.82) is 0 Å². The number of benzene rings is 2. The van der Waals surface area contributed by atoms with Crippen LogP contribution in [0.2, 0.25) is 0 Å². The average Bonchev–Trinajstić information content (AvgIpc) is 3.71. The summed E-state index contributed by atoms with van der Waals surface area (Å²) in [6, 6.07) is 14.0. The van der Waals surface area contributed by atoms with Crippen LogP contribution in [0.1, 0.15) is 67.5 Å². The summed E-state index contributed by atoms with van der Waals surface area (Å²) in [4.78, 5) is 24.6. The first kappa shape index (κ1) is 41.1. The molecule has 5 rings (SSSR count). The van der Waals surface area contributed by atoms with Gasteiger partial charge in [-0.1, -0.05) is 18.2 Å². The highest BCUT2D eigenvalue weighted by Gasteiger charge is 2.35. The number of aromatic amines is 1. The first-order chi connectivity index (χ1) is 26.2. The topological polar surface area (TPSA) is 239 Å². The number of anilines is 1. The van der Waals surface area contributed by atoms with E-state index in [2.05, 4.69) is 41.7 Å². The largest absolute Gasteiger partial charge is 0.497 e. The maximum absolute atomic E-state index is 13.0. The third kappa shape index (κ3) is 12.5. The average molecular weight is 763 g/mol. The molecule has 2 aliphatic rings. The molecule has 1 saturated heterocycles. The zero-order chi connectivity index (χ0) is 38.3. The van der Waals surface area contributed by atoms with Crippen molar-refractivity contribution in [3.05, 3.63) is 59.4 Å². The highest BCUT2D eigenvalue weighted by atomic mass is 17.1. The van der Waals surface area contributed by atoms with Crippen molar-refractivity contribution in [3.8, 4) is 11.5 Å². The number of carbonyl (C=O) groups is 1. The van der Waals surface area contributed by atoms with Gasteiger partial charge in [0.05, 0.1) is 42.8 Å². The fraction of sp³-hybridized carbons (Fsp3) is 0.588. The lowest BCUT2D eigenvalue weighted by Gasteiger charge is -2.38. The van der Waals surface area contributed by atoms with Crippen LogP contribution in [0, 0.1) is 0 Å². The van der Waals surface area contributed by atoms with Crippen LogP contribution in [0.3, 0.4) is 0 Å². The third-order valence-electron chi connectivity index (χ3n) is 9.33. The lowest BCUT2D eigenvalue weighted by Crippen LogP contribution is -2.47. The smallest absolute Gasteiger partial charge is 0.306 e. The molecule has 3 heterocycles. The minimum Gasteiger partial charge on any atom is -0.497 e. The van der Waals surface area contributed by atoms with Crippen LogP contribution in [0.5, 0.6) is 11.5 Å². The van der Waals surface area contributed by atoms with Crippen molar-refractivity contribution in [2.45, 2.75) is 75.4 Å². The van der Waals surface area contributed by atoms with Crippen LogP contribution in [0.25, 0.3) is 0 Å². The van der Waals surface area contributed by atoms with E-state index in [0.717, 1.165) is 47.8 Å². The molecule has 2 aromatic carbocycles. The van der Waals surface area contributed by atoms with E-state index in [1.165, 1.54) is 0 Å². The quantitative estimate of drug-likeness (QED) is 0.0490. The Morgan fingerprint density at radius 2 is 1.93 bits per heavy atom. The molecule has 0 aliphatic carbocycles. The second-order valence-corrected chi connectivity index (χ2v) is 13.0. The Morgan fingerprint density at radius 3 is 2.65 bits per heavy atom. The predicted octanol–water partition coefficient (Wildman–Crippen LogP) is 2.71. The predicted molar refractivity (Wildman–Crippen MR) is 184 cm³/mol. The number of carbonyl (C=O) groups excluding carboxylic acids is 1. The summed E-state index contributed by atoms with van der Waals surface area (Å²) in [5.41, 5.74) is 3.18. The van der Waals surface area contributed by atoms with Gasteiger partial charge in [-0.2, -0.15) is 0 Å². The number of rotatable bonds is 22. The van der Waals surface area contributed by atoms with Crippen molar-refractivity contribution in [2.24, 2.45) is 0 Å². The normalized spacial score (nSPS) is 19.7.